The van der Waals surface area contributed by atoms with Gasteiger partial charge in [0.15, 0.2) is 5.13 Å². The SMILES string of the molecule is Cc1cc(C)c2sc(N(CCN3CCOCC3)C(=O)c3cc([N+](=O)[O-])cc([N+](=O)[O-])c3)nc2c1. The average Bonchev–Trinajstić information content (AvgIpc) is 3.23. The van der Waals surface area contributed by atoms with Gasteiger partial charge in [-0.25, -0.2) is 4.98 Å². The van der Waals surface area contributed by atoms with E-state index in [1.807, 2.05) is 26.0 Å². The van der Waals surface area contributed by atoms with Gasteiger partial charge in [0.25, 0.3) is 17.3 Å². The highest BCUT2D eigenvalue weighted by molar-refractivity contribution is 7.22. The molecule has 1 amide bonds. The number of anilines is 1. The van der Waals surface area contributed by atoms with E-state index in [0.29, 0.717) is 24.9 Å². The maximum absolute atomic E-state index is 13.6. The molecule has 178 valence electrons. The standard InChI is InChI=1S/C22H23N5O6S/c1-14-9-15(2)20-19(10-14)23-22(34-20)25(4-3-24-5-7-33-8-6-24)21(28)16-11-17(26(29)30)13-18(12-16)27(31)32/h9-13H,3-8H2,1-2H3. The number of aromatic nitrogens is 1. The van der Waals surface area contributed by atoms with Crippen LogP contribution in [0.2, 0.25) is 0 Å². The maximum atomic E-state index is 13.6. The molecular weight excluding hydrogens is 462 g/mol. The van der Waals surface area contributed by atoms with Crippen molar-refractivity contribution in [3.05, 3.63) is 67.3 Å². The molecule has 0 radical (unpaired) electrons. The molecule has 1 aliphatic heterocycles. The van der Waals surface area contributed by atoms with Crippen LogP contribution in [-0.2, 0) is 4.74 Å². The molecular formula is C22H23N5O6S. The van der Waals surface area contributed by atoms with Gasteiger partial charge < -0.3 is 4.74 Å². The number of rotatable bonds is 7. The Labute approximate surface area is 198 Å². The zero-order valence-corrected chi connectivity index (χ0v) is 19.5. The third-order valence-corrected chi connectivity index (χ3v) is 6.83. The van der Waals surface area contributed by atoms with E-state index in [-0.39, 0.29) is 12.1 Å². The van der Waals surface area contributed by atoms with E-state index in [1.54, 1.807) is 0 Å². The molecule has 1 aliphatic rings. The van der Waals surface area contributed by atoms with E-state index in [1.165, 1.54) is 16.2 Å². The molecule has 11 nitrogen and oxygen atoms in total. The van der Waals surface area contributed by atoms with Crippen molar-refractivity contribution in [1.82, 2.24) is 9.88 Å². The van der Waals surface area contributed by atoms with Gasteiger partial charge in [-0.2, -0.15) is 0 Å². The predicted molar refractivity (Wildman–Crippen MR) is 128 cm³/mol. The molecule has 0 N–H and O–H groups in total. The zero-order valence-electron chi connectivity index (χ0n) is 18.7. The number of nitrogens with zero attached hydrogens (tertiary/aromatic N) is 5. The van der Waals surface area contributed by atoms with Crippen LogP contribution in [0.3, 0.4) is 0 Å². The number of amides is 1. The van der Waals surface area contributed by atoms with Crippen molar-refractivity contribution >= 4 is 44.0 Å². The van der Waals surface area contributed by atoms with Crippen LogP contribution >= 0.6 is 11.3 Å². The average molecular weight is 486 g/mol. The van der Waals surface area contributed by atoms with Gasteiger partial charge in [0.05, 0.1) is 44.9 Å². The van der Waals surface area contributed by atoms with Gasteiger partial charge in [-0.05, 0) is 31.0 Å². The predicted octanol–water partition coefficient (Wildman–Crippen LogP) is 3.71. The Kier molecular flexibility index (Phi) is 6.82. The Morgan fingerprint density at radius 1 is 1.09 bits per heavy atom. The summed E-state index contributed by atoms with van der Waals surface area (Å²) in [5, 5.41) is 23.1. The molecule has 0 aliphatic carbocycles. The number of hydrogen-bond donors (Lipinski definition) is 0. The van der Waals surface area contributed by atoms with Gasteiger partial charge in [0, 0.05) is 38.3 Å². The van der Waals surface area contributed by atoms with E-state index in [4.69, 9.17) is 4.74 Å². The third-order valence-electron chi connectivity index (χ3n) is 5.60. The number of aryl methyl sites for hydroxylation is 2. The number of fused-ring (bicyclic) bond motifs is 1. The number of benzene rings is 2. The van der Waals surface area contributed by atoms with Crippen LogP contribution < -0.4 is 4.90 Å². The topological polar surface area (TPSA) is 132 Å². The summed E-state index contributed by atoms with van der Waals surface area (Å²) in [6.45, 7) is 7.41. The summed E-state index contributed by atoms with van der Waals surface area (Å²) in [5.74, 6) is -0.575. The molecule has 12 heteroatoms. The van der Waals surface area contributed by atoms with E-state index in [2.05, 4.69) is 9.88 Å². The lowest BCUT2D eigenvalue weighted by molar-refractivity contribution is -0.394. The largest absolute Gasteiger partial charge is 0.379 e. The fourth-order valence-corrected chi connectivity index (χ4v) is 4.96. The molecule has 1 saturated heterocycles. The number of carbonyl (C=O) groups excluding carboxylic acids is 1. The Hall–Kier alpha value is -3.48. The number of thiazole rings is 1. The molecule has 3 aromatic rings. The van der Waals surface area contributed by atoms with Crippen molar-refractivity contribution in [2.45, 2.75) is 13.8 Å². The van der Waals surface area contributed by atoms with Gasteiger partial charge in [0.1, 0.15) is 0 Å². The van der Waals surface area contributed by atoms with Crippen LogP contribution in [0.1, 0.15) is 21.5 Å². The first-order valence-electron chi connectivity index (χ1n) is 10.7. The van der Waals surface area contributed by atoms with Crippen molar-refractivity contribution < 1.29 is 19.4 Å². The molecule has 0 bridgehead atoms. The first-order chi connectivity index (χ1) is 16.2. The number of hydrogen-bond acceptors (Lipinski definition) is 9. The lowest BCUT2D eigenvalue weighted by atomic mass is 10.1. The number of carbonyl (C=O) groups is 1. The van der Waals surface area contributed by atoms with Gasteiger partial charge in [-0.15, -0.1) is 0 Å². The number of nitro groups is 2. The van der Waals surface area contributed by atoms with Gasteiger partial charge in [-0.1, -0.05) is 17.4 Å². The second-order valence-corrected chi connectivity index (χ2v) is 9.07. The third kappa shape index (κ3) is 5.03. The molecule has 4 rings (SSSR count). The second-order valence-electron chi connectivity index (χ2n) is 8.09. The molecule has 2 heterocycles. The summed E-state index contributed by atoms with van der Waals surface area (Å²) in [7, 11) is 0. The van der Waals surface area contributed by atoms with Crippen LogP contribution in [0.5, 0.6) is 0 Å². The summed E-state index contributed by atoms with van der Waals surface area (Å²) in [6.07, 6.45) is 0. The van der Waals surface area contributed by atoms with E-state index in [9.17, 15) is 25.0 Å². The first-order valence-corrected chi connectivity index (χ1v) is 11.5. The van der Waals surface area contributed by atoms with Crippen molar-refractivity contribution in [3.8, 4) is 0 Å². The molecule has 2 aromatic carbocycles. The normalized spacial score (nSPS) is 14.3. The maximum Gasteiger partial charge on any atom is 0.277 e. The van der Waals surface area contributed by atoms with Gasteiger partial charge >= 0.3 is 0 Å². The number of ether oxygens (including phenoxy) is 1. The molecule has 0 unspecified atom stereocenters. The highest BCUT2D eigenvalue weighted by Gasteiger charge is 2.27. The number of non-ortho nitro benzene ring substituents is 2. The smallest absolute Gasteiger partial charge is 0.277 e. The summed E-state index contributed by atoms with van der Waals surface area (Å²) in [6, 6.07) is 6.96. The monoisotopic (exact) mass is 485 g/mol. The van der Waals surface area contributed by atoms with Crippen molar-refractivity contribution in [2.24, 2.45) is 0 Å². The van der Waals surface area contributed by atoms with Crippen LogP contribution in [0.4, 0.5) is 16.5 Å². The summed E-state index contributed by atoms with van der Waals surface area (Å²) >= 11 is 1.35. The molecule has 1 fully saturated rings. The van der Waals surface area contributed by atoms with Gasteiger partial charge in [0.2, 0.25) is 0 Å². The van der Waals surface area contributed by atoms with Crippen molar-refractivity contribution in [3.63, 3.8) is 0 Å². The van der Waals surface area contributed by atoms with Crippen molar-refractivity contribution in [1.29, 1.82) is 0 Å². The quantitative estimate of drug-likeness (QED) is 0.365. The summed E-state index contributed by atoms with van der Waals surface area (Å²) in [4.78, 5) is 43.1. The van der Waals surface area contributed by atoms with Crippen molar-refractivity contribution in [2.75, 3.05) is 44.3 Å². The summed E-state index contributed by atoms with van der Waals surface area (Å²) in [5.41, 5.74) is 1.68. The Bertz CT molecular complexity index is 1240. The number of nitro benzene ring substituents is 2. The molecule has 1 aromatic heterocycles. The minimum atomic E-state index is -0.744. The fraction of sp³-hybridized carbons (Fsp3) is 0.364. The molecule has 34 heavy (non-hydrogen) atoms. The minimum absolute atomic E-state index is 0.130. The first kappa shape index (κ1) is 23.7. The Morgan fingerprint density at radius 3 is 2.35 bits per heavy atom. The highest BCUT2D eigenvalue weighted by atomic mass is 32.1. The fourth-order valence-electron chi connectivity index (χ4n) is 3.92. The lowest BCUT2D eigenvalue weighted by Crippen LogP contribution is -2.43. The highest BCUT2D eigenvalue weighted by Crippen LogP contribution is 2.33. The zero-order chi connectivity index (χ0) is 24.4. The lowest BCUT2D eigenvalue weighted by Gasteiger charge is -2.29. The van der Waals surface area contributed by atoms with Crippen LogP contribution in [0, 0.1) is 34.1 Å². The van der Waals surface area contributed by atoms with E-state index < -0.39 is 27.1 Å². The Balaban J connectivity index is 1.74. The van der Waals surface area contributed by atoms with Crippen LogP contribution in [-0.4, -0.2) is 65.0 Å². The molecule has 0 atom stereocenters. The van der Waals surface area contributed by atoms with E-state index >= 15 is 0 Å². The molecule has 0 saturated carbocycles. The second kappa shape index (κ2) is 9.79. The summed E-state index contributed by atoms with van der Waals surface area (Å²) < 4.78 is 6.32. The van der Waals surface area contributed by atoms with E-state index in [0.717, 1.165) is 52.6 Å². The minimum Gasteiger partial charge on any atom is -0.379 e. The number of morpholine rings is 1. The van der Waals surface area contributed by atoms with Gasteiger partial charge in [-0.3, -0.25) is 34.8 Å². The Morgan fingerprint density at radius 2 is 1.74 bits per heavy atom. The van der Waals surface area contributed by atoms with Crippen LogP contribution in [0.25, 0.3) is 10.2 Å². The molecule has 0 spiro atoms. The van der Waals surface area contributed by atoms with Crippen LogP contribution in [0.15, 0.2) is 30.3 Å².